The molecule has 0 aliphatic rings. The van der Waals surface area contributed by atoms with Crippen LogP contribution in [0.5, 0.6) is 5.75 Å². The molecule has 0 aromatic heterocycles. The highest BCUT2D eigenvalue weighted by molar-refractivity contribution is 6.30. The molecule has 5 heteroatoms. The average Bonchev–Trinajstić information content (AvgIpc) is 2.87. The minimum atomic E-state index is -0.273. The van der Waals surface area contributed by atoms with Crippen LogP contribution in [0, 0.1) is 0 Å². The zero-order chi connectivity index (χ0) is 23.0. The second-order valence-electron chi connectivity index (χ2n) is 7.49. The molecule has 4 nitrogen and oxygen atoms in total. The lowest BCUT2D eigenvalue weighted by molar-refractivity contribution is 0.0955. The molecule has 4 aromatic carbocycles. The van der Waals surface area contributed by atoms with Gasteiger partial charge in [0.2, 0.25) is 0 Å². The van der Waals surface area contributed by atoms with E-state index in [0.717, 1.165) is 28.0 Å². The van der Waals surface area contributed by atoms with E-state index in [4.69, 9.17) is 16.3 Å². The summed E-state index contributed by atoms with van der Waals surface area (Å²) in [6, 6.07) is 32.7. The van der Waals surface area contributed by atoms with Crippen molar-refractivity contribution in [1.82, 2.24) is 5.43 Å². The highest BCUT2D eigenvalue weighted by Crippen LogP contribution is 2.30. The Hall–Kier alpha value is -3.89. The molecule has 0 spiro atoms. The summed E-state index contributed by atoms with van der Waals surface area (Å²) in [5.74, 6) is 0.544. The van der Waals surface area contributed by atoms with E-state index >= 15 is 0 Å². The van der Waals surface area contributed by atoms with E-state index in [1.54, 1.807) is 24.3 Å². The maximum absolute atomic E-state index is 12.5. The van der Waals surface area contributed by atoms with Crippen molar-refractivity contribution in [3.8, 4) is 16.9 Å². The number of hydrogen-bond donors (Lipinski definition) is 1. The van der Waals surface area contributed by atoms with Gasteiger partial charge < -0.3 is 4.74 Å². The molecule has 0 unspecified atom stereocenters. The molecule has 4 rings (SSSR count). The quantitative estimate of drug-likeness (QED) is 0.248. The van der Waals surface area contributed by atoms with Crippen LogP contribution in [0.15, 0.2) is 108 Å². The van der Waals surface area contributed by atoms with Gasteiger partial charge in [0.15, 0.2) is 0 Å². The number of hydrogen-bond acceptors (Lipinski definition) is 3. The Kier molecular flexibility index (Phi) is 7.18. The second kappa shape index (κ2) is 10.6. The fourth-order valence-corrected chi connectivity index (χ4v) is 3.44. The molecule has 0 aliphatic heterocycles. The normalized spacial score (nSPS) is 11.2. The summed E-state index contributed by atoms with van der Waals surface area (Å²) in [7, 11) is 0. The van der Waals surface area contributed by atoms with Gasteiger partial charge >= 0.3 is 0 Å². The highest BCUT2D eigenvalue weighted by Gasteiger charge is 2.08. The molecule has 4 aromatic rings. The Morgan fingerprint density at radius 1 is 0.818 bits per heavy atom. The molecule has 0 aliphatic carbocycles. The second-order valence-corrected chi connectivity index (χ2v) is 7.93. The minimum absolute atomic E-state index is 0.273. The number of hydrazone groups is 1. The van der Waals surface area contributed by atoms with Crippen LogP contribution in [-0.2, 0) is 6.61 Å². The molecule has 1 amide bonds. The summed E-state index contributed by atoms with van der Waals surface area (Å²) in [6.07, 6.45) is 0. The zero-order valence-corrected chi connectivity index (χ0v) is 18.9. The van der Waals surface area contributed by atoms with Gasteiger partial charge in [-0.25, -0.2) is 5.43 Å². The Balaban J connectivity index is 1.38. The van der Waals surface area contributed by atoms with Gasteiger partial charge in [0, 0.05) is 16.1 Å². The van der Waals surface area contributed by atoms with Crippen LogP contribution < -0.4 is 10.2 Å². The summed E-state index contributed by atoms with van der Waals surface area (Å²) in [5.41, 5.74) is 7.83. The number of carbonyl (C=O) groups is 1. The number of ether oxygens (including phenoxy) is 1. The van der Waals surface area contributed by atoms with Crippen molar-refractivity contribution >= 4 is 23.2 Å². The van der Waals surface area contributed by atoms with Crippen molar-refractivity contribution in [3.63, 3.8) is 0 Å². The molecule has 0 saturated carbocycles. The molecule has 0 saturated heterocycles. The van der Waals surface area contributed by atoms with Gasteiger partial charge in [-0.15, -0.1) is 0 Å². The third kappa shape index (κ3) is 5.88. The molecule has 0 bridgehead atoms. The number of carbonyl (C=O) groups excluding carboxylic acids is 1. The Bertz CT molecular complexity index is 1250. The first-order valence-corrected chi connectivity index (χ1v) is 10.9. The molecule has 0 atom stereocenters. The van der Waals surface area contributed by atoms with Crippen LogP contribution in [0.2, 0.25) is 5.02 Å². The first kappa shape index (κ1) is 22.3. The Morgan fingerprint density at radius 2 is 1.45 bits per heavy atom. The number of benzene rings is 4. The predicted octanol–water partition coefficient (Wildman–Crippen LogP) is 6.74. The lowest BCUT2D eigenvalue weighted by Crippen LogP contribution is -2.19. The summed E-state index contributed by atoms with van der Waals surface area (Å²) in [4.78, 5) is 12.5. The summed E-state index contributed by atoms with van der Waals surface area (Å²) >= 11 is 5.91. The third-order valence-corrected chi connectivity index (χ3v) is 5.42. The van der Waals surface area contributed by atoms with Crippen molar-refractivity contribution in [2.24, 2.45) is 5.10 Å². The predicted molar refractivity (Wildman–Crippen MR) is 134 cm³/mol. The van der Waals surface area contributed by atoms with Crippen LogP contribution >= 0.6 is 11.6 Å². The molecule has 1 N–H and O–H groups in total. The molecule has 164 valence electrons. The van der Waals surface area contributed by atoms with Crippen molar-refractivity contribution in [2.75, 3.05) is 0 Å². The molecular formula is C28H23ClN2O2. The number of nitrogens with one attached hydrogen (secondary N) is 1. The number of rotatable bonds is 7. The van der Waals surface area contributed by atoms with Crippen molar-refractivity contribution in [1.29, 1.82) is 0 Å². The number of halogens is 1. The third-order valence-electron chi connectivity index (χ3n) is 5.17. The van der Waals surface area contributed by atoms with E-state index in [9.17, 15) is 4.79 Å². The molecular weight excluding hydrogens is 432 g/mol. The lowest BCUT2D eigenvalue weighted by atomic mass is 10.0. The van der Waals surface area contributed by atoms with E-state index in [2.05, 4.69) is 22.7 Å². The van der Waals surface area contributed by atoms with Crippen LogP contribution in [0.4, 0.5) is 0 Å². The zero-order valence-electron chi connectivity index (χ0n) is 18.2. The minimum Gasteiger partial charge on any atom is -0.488 e. The van der Waals surface area contributed by atoms with Gasteiger partial charge in [0.1, 0.15) is 12.4 Å². The monoisotopic (exact) mass is 454 g/mol. The number of nitrogens with zero attached hydrogens (tertiary/aromatic N) is 1. The van der Waals surface area contributed by atoms with E-state index < -0.39 is 0 Å². The topological polar surface area (TPSA) is 50.7 Å². The van der Waals surface area contributed by atoms with E-state index in [1.165, 1.54) is 0 Å². The Morgan fingerprint density at radius 3 is 2.18 bits per heavy atom. The van der Waals surface area contributed by atoms with E-state index in [1.807, 2.05) is 73.7 Å². The fraction of sp³-hybridized carbons (Fsp3) is 0.0714. The number of para-hydroxylation sites is 1. The number of amides is 1. The van der Waals surface area contributed by atoms with Crippen LogP contribution in [0.3, 0.4) is 0 Å². The first-order valence-electron chi connectivity index (χ1n) is 10.6. The van der Waals surface area contributed by atoms with Gasteiger partial charge in [-0.2, -0.15) is 5.10 Å². The van der Waals surface area contributed by atoms with Gasteiger partial charge in [-0.05, 0) is 53.9 Å². The Labute approximate surface area is 198 Å². The lowest BCUT2D eigenvalue weighted by Gasteiger charge is -2.12. The average molecular weight is 455 g/mol. The smallest absolute Gasteiger partial charge is 0.271 e. The van der Waals surface area contributed by atoms with Gasteiger partial charge in [-0.1, -0.05) is 84.4 Å². The summed E-state index contributed by atoms with van der Waals surface area (Å²) in [6.45, 7) is 2.23. The van der Waals surface area contributed by atoms with Crippen LogP contribution in [0.1, 0.15) is 28.4 Å². The summed E-state index contributed by atoms with van der Waals surface area (Å²) < 4.78 is 6.08. The molecule has 0 radical (unpaired) electrons. The standard InChI is InChI=1S/C28H23ClN2O2/c1-20(22-15-17-25(29)18-16-22)30-31-28(32)24-13-11-21(12-14-24)19-33-27-10-6-5-9-26(27)23-7-3-2-4-8-23/h2-18H,19H2,1H3,(H,31,32)/b30-20+. The van der Waals surface area contributed by atoms with Crippen molar-refractivity contribution in [3.05, 3.63) is 125 Å². The van der Waals surface area contributed by atoms with Crippen molar-refractivity contribution in [2.45, 2.75) is 13.5 Å². The highest BCUT2D eigenvalue weighted by atomic mass is 35.5. The SMILES string of the molecule is C/C(=N\NC(=O)c1ccc(COc2ccccc2-c2ccccc2)cc1)c1ccc(Cl)cc1. The van der Waals surface area contributed by atoms with E-state index in [0.29, 0.717) is 22.9 Å². The van der Waals surface area contributed by atoms with E-state index in [-0.39, 0.29) is 5.91 Å². The fourth-order valence-electron chi connectivity index (χ4n) is 3.32. The van der Waals surface area contributed by atoms with Gasteiger partial charge in [0.25, 0.3) is 5.91 Å². The summed E-state index contributed by atoms with van der Waals surface area (Å²) in [5, 5.41) is 4.84. The maximum Gasteiger partial charge on any atom is 0.271 e. The van der Waals surface area contributed by atoms with Crippen LogP contribution in [0.25, 0.3) is 11.1 Å². The van der Waals surface area contributed by atoms with Gasteiger partial charge in [0.05, 0.1) is 5.71 Å². The van der Waals surface area contributed by atoms with Crippen LogP contribution in [-0.4, -0.2) is 11.6 Å². The molecule has 0 heterocycles. The molecule has 0 fully saturated rings. The first-order chi connectivity index (χ1) is 16.1. The van der Waals surface area contributed by atoms with Gasteiger partial charge in [-0.3, -0.25) is 4.79 Å². The largest absolute Gasteiger partial charge is 0.488 e. The molecule has 33 heavy (non-hydrogen) atoms. The van der Waals surface area contributed by atoms with Crippen molar-refractivity contribution < 1.29 is 9.53 Å². The maximum atomic E-state index is 12.5.